The number of hydrogen-bond donors (Lipinski definition) is 0. The van der Waals surface area contributed by atoms with Crippen LogP contribution in [0.1, 0.15) is 37.0 Å². The first-order valence-corrected chi connectivity index (χ1v) is 7.97. The van der Waals surface area contributed by atoms with E-state index in [1.54, 1.807) is 7.11 Å². The van der Waals surface area contributed by atoms with Crippen LogP contribution in [0, 0.1) is 12.8 Å². The van der Waals surface area contributed by atoms with E-state index >= 15 is 0 Å². The van der Waals surface area contributed by atoms with Gasteiger partial charge in [-0.3, -0.25) is 0 Å². The normalized spacial score (nSPS) is 14.5. The molecule has 0 spiro atoms. The average Bonchev–Trinajstić information content (AvgIpc) is 3.25. The molecule has 1 fully saturated rings. The molecule has 0 saturated heterocycles. The quantitative estimate of drug-likeness (QED) is 0.784. The Kier molecular flexibility index (Phi) is 4.47. The fourth-order valence-corrected chi connectivity index (χ4v) is 2.48. The van der Waals surface area contributed by atoms with Gasteiger partial charge < -0.3 is 4.74 Å². The number of aryl methyl sites for hydroxylation is 2. The molecule has 118 valence electrons. The van der Waals surface area contributed by atoms with Crippen molar-refractivity contribution >= 4 is 0 Å². The van der Waals surface area contributed by atoms with Crippen LogP contribution >= 0.6 is 0 Å². The van der Waals surface area contributed by atoms with Crippen LogP contribution in [0.2, 0.25) is 0 Å². The Morgan fingerprint density at radius 3 is 2.82 bits per heavy atom. The van der Waals surface area contributed by atoms with Gasteiger partial charge in [-0.15, -0.1) is 0 Å². The molecule has 2 aromatic heterocycles. The molecule has 6 nitrogen and oxygen atoms in total. The largest absolute Gasteiger partial charge is 0.383 e. The molecular formula is C16H23N5O. The first-order chi connectivity index (χ1) is 10.7. The van der Waals surface area contributed by atoms with Gasteiger partial charge in [0, 0.05) is 19.1 Å². The fraction of sp³-hybridized carbons (Fsp3) is 0.625. The SMILES string of the molecule is CCc1cc(-c2nc(CC3CC3)nn2CCOC)c(C)nn1. The zero-order valence-corrected chi connectivity index (χ0v) is 13.5. The second-order valence-electron chi connectivity index (χ2n) is 5.90. The molecule has 0 bridgehead atoms. The molecule has 0 aromatic carbocycles. The molecule has 0 unspecified atom stereocenters. The predicted molar refractivity (Wildman–Crippen MR) is 83.5 cm³/mol. The molecule has 0 atom stereocenters. The van der Waals surface area contributed by atoms with Crippen molar-refractivity contribution in [1.29, 1.82) is 0 Å². The van der Waals surface area contributed by atoms with Crippen molar-refractivity contribution in [3.8, 4) is 11.4 Å². The smallest absolute Gasteiger partial charge is 0.160 e. The summed E-state index contributed by atoms with van der Waals surface area (Å²) in [6.07, 6.45) is 4.45. The van der Waals surface area contributed by atoms with E-state index < -0.39 is 0 Å². The van der Waals surface area contributed by atoms with Crippen molar-refractivity contribution in [2.24, 2.45) is 5.92 Å². The minimum atomic E-state index is 0.622. The monoisotopic (exact) mass is 301 g/mol. The molecular weight excluding hydrogens is 278 g/mol. The van der Waals surface area contributed by atoms with Crippen LogP contribution in [-0.4, -0.2) is 38.7 Å². The van der Waals surface area contributed by atoms with Gasteiger partial charge in [-0.1, -0.05) is 6.92 Å². The van der Waals surface area contributed by atoms with E-state index in [1.165, 1.54) is 12.8 Å². The molecule has 2 aromatic rings. The lowest BCUT2D eigenvalue weighted by Crippen LogP contribution is -2.09. The lowest BCUT2D eigenvalue weighted by Gasteiger charge is -2.08. The molecule has 0 N–H and O–H groups in total. The van der Waals surface area contributed by atoms with E-state index in [2.05, 4.69) is 28.3 Å². The molecule has 0 aliphatic heterocycles. The summed E-state index contributed by atoms with van der Waals surface area (Å²) in [5.41, 5.74) is 2.89. The standard InChI is InChI=1S/C16H23N5O/c1-4-13-10-14(11(2)18-19-13)16-17-15(9-12-5-6-12)20-21(16)7-8-22-3/h10,12H,4-9H2,1-3H3. The first kappa shape index (κ1) is 15.1. The molecule has 0 amide bonds. The predicted octanol–water partition coefficient (Wildman–Crippen LogP) is 2.20. The van der Waals surface area contributed by atoms with E-state index in [1.807, 2.05) is 11.6 Å². The molecule has 3 rings (SSSR count). The number of aromatic nitrogens is 5. The lowest BCUT2D eigenvalue weighted by molar-refractivity contribution is 0.184. The number of nitrogens with zero attached hydrogens (tertiary/aromatic N) is 5. The molecule has 2 heterocycles. The minimum Gasteiger partial charge on any atom is -0.383 e. The molecule has 1 aliphatic carbocycles. The highest BCUT2D eigenvalue weighted by molar-refractivity contribution is 5.58. The summed E-state index contributed by atoms with van der Waals surface area (Å²) in [5, 5.41) is 13.2. The van der Waals surface area contributed by atoms with Crippen molar-refractivity contribution in [2.75, 3.05) is 13.7 Å². The fourth-order valence-electron chi connectivity index (χ4n) is 2.48. The summed E-state index contributed by atoms with van der Waals surface area (Å²) in [6.45, 7) is 5.37. The Morgan fingerprint density at radius 1 is 1.32 bits per heavy atom. The summed E-state index contributed by atoms with van der Waals surface area (Å²) in [4.78, 5) is 4.78. The van der Waals surface area contributed by atoms with Gasteiger partial charge in [-0.2, -0.15) is 15.3 Å². The number of ether oxygens (including phenoxy) is 1. The summed E-state index contributed by atoms with van der Waals surface area (Å²) in [6, 6.07) is 2.08. The van der Waals surface area contributed by atoms with Crippen LogP contribution in [0.3, 0.4) is 0 Å². The second-order valence-corrected chi connectivity index (χ2v) is 5.90. The highest BCUT2D eigenvalue weighted by Crippen LogP contribution is 2.32. The Hall–Kier alpha value is -1.82. The maximum absolute atomic E-state index is 5.20. The maximum atomic E-state index is 5.20. The third kappa shape index (κ3) is 3.32. The van der Waals surface area contributed by atoms with Gasteiger partial charge >= 0.3 is 0 Å². The van der Waals surface area contributed by atoms with Gasteiger partial charge in [0.2, 0.25) is 0 Å². The van der Waals surface area contributed by atoms with Crippen LogP contribution < -0.4 is 0 Å². The van der Waals surface area contributed by atoms with Crippen LogP contribution in [-0.2, 0) is 24.1 Å². The van der Waals surface area contributed by atoms with Crippen LogP contribution in [0.5, 0.6) is 0 Å². The highest BCUT2D eigenvalue weighted by atomic mass is 16.5. The third-order valence-corrected chi connectivity index (χ3v) is 4.02. The van der Waals surface area contributed by atoms with Gasteiger partial charge in [0.05, 0.1) is 24.5 Å². The van der Waals surface area contributed by atoms with Gasteiger partial charge in [-0.25, -0.2) is 9.67 Å². The summed E-state index contributed by atoms with van der Waals surface area (Å²) < 4.78 is 7.15. The highest BCUT2D eigenvalue weighted by Gasteiger charge is 2.25. The van der Waals surface area contributed by atoms with Gasteiger partial charge in [0.15, 0.2) is 11.6 Å². The molecule has 6 heteroatoms. The molecule has 22 heavy (non-hydrogen) atoms. The van der Waals surface area contributed by atoms with Gasteiger partial charge in [0.25, 0.3) is 0 Å². The van der Waals surface area contributed by atoms with Crippen molar-refractivity contribution in [2.45, 2.75) is 46.1 Å². The second kappa shape index (κ2) is 6.52. The summed E-state index contributed by atoms with van der Waals surface area (Å²) in [7, 11) is 1.70. The summed E-state index contributed by atoms with van der Waals surface area (Å²) in [5.74, 6) is 2.59. The van der Waals surface area contributed by atoms with Crippen molar-refractivity contribution in [1.82, 2.24) is 25.0 Å². The van der Waals surface area contributed by atoms with Crippen molar-refractivity contribution in [3.05, 3.63) is 23.3 Å². The van der Waals surface area contributed by atoms with Crippen LogP contribution in [0.25, 0.3) is 11.4 Å². The van der Waals surface area contributed by atoms with Crippen LogP contribution in [0.4, 0.5) is 0 Å². The topological polar surface area (TPSA) is 65.7 Å². The van der Waals surface area contributed by atoms with Crippen LogP contribution in [0.15, 0.2) is 6.07 Å². The van der Waals surface area contributed by atoms with E-state index in [4.69, 9.17) is 9.72 Å². The van der Waals surface area contributed by atoms with E-state index in [0.717, 1.165) is 47.4 Å². The van der Waals surface area contributed by atoms with E-state index in [-0.39, 0.29) is 0 Å². The maximum Gasteiger partial charge on any atom is 0.160 e. The number of hydrogen-bond acceptors (Lipinski definition) is 5. The Bertz CT molecular complexity index is 648. The lowest BCUT2D eigenvalue weighted by atomic mass is 10.1. The number of methoxy groups -OCH3 is 1. The summed E-state index contributed by atoms with van der Waals surface area (Å²) >= 11 is 0. The molecule has 1 saturated carbocycles. The average molecular weight is 301 g/mol. The Balaban J connectivity index is 1.97. The zero-order chi connectivity index (χ0) is 15.5. The Morgan fingerprint density at radius 2 is 2.14 bits per heavy atom. The molecule has 0 radical (unpaired) electrons. The third-order valence-electron chi connectivity index (χ3n) is 4.02. The van der Waals surface area contributed by atoms with Crippen molar-refractivity contribution in [3.63, 3.8) is 0 Å². The van der Waals surface area contributed by atoms with Crippen molar-refractivity contribution < 1.29 is 4.74 Å². The minimum absolute atomic E-state index is 0.622. The zero-order valence-electron chi connectivity index (χ0n) is 13.5. The van der Waals surface area contributed by atoms with E-state index in [0.29, 0.717) is 13.2 Å². The number of rotatable bonds is 7. The Labute approximate surface area is 130 Å². The molecule has 1 aliphatic rings. The van der Waals surface area contributed by atoms with Gasteiger partial charge in [0.1, 0.15) is 0 Å². The van der Waals surface area contributed by atoms with Gasteiger partial charge in [-0.05, 0) is 38.2 Å². The first-order valence-electron chi connectivity index (χ1n) is 7.97. The van der Waals surface area contributed by atoms with E-state index in [9.17, 15) is 0 Å².